The molecule has 0 bridgehead atoms. The summed E-state index contributed by atoms with van der Waals surface area (Å²) < 4.78 is 5.25. The minimum absolute atomic E-state index is 0.00206. The molecule has 2 aromatic rings. The van der Waals surface area contributed by atoms with Gasteiger partial charge in [-0.25, -0.2) is 0 Å². The molecule has 2 saturated heterocycles. The van der Waals surface area contributed by atoms with Gasteiger partial charge in [0, 0.05) is 29.6 Å². The van der Waals surface area contributed by atoms with Crippen molar-refractivity contribution >= 4 is 17.6 Å². The number of fused-ring (bicyclic) bond motifs is 1. The topological polar surface area (TPSA) is 66.9 Å². The van der Waals surface area contributed by atoms with Crippen LogP contribution in [0.15, 0.2) is 60.7 Å². The maximum atomic E-state index is 14.1. The number of carbonyl (C=O) groups is 3. The smallest absolute Gasteiger partial charge is 0.251 e. The summed E-state index contributed by atoms with van der Waals surface area (Å²) in [6.07, 6.45) is 0.180. The van der Waals surface area contributed by atoms with E-state index in [0.29, 0.717) is 11.1 Å². The third-order valence-electron chi connectivity index (χ3n) is 7.36. The number of methoxy groups -OCH3 is 1. The highest BCUT2D eigenvalue weighted by Gasteiger charge is 2.72. The number of hydrogen-bond acceptors (Lipinski definition) is 4. The highest BCUT2D eigenvalue weighted by molar-refractivity contribution is 6.12. The molecule has 2 amide bonds. The molecule has 2 aliphatic heterocycles. The van der Waals surface area contributed by atoms with Gasteiger partial charge in [-0.15, -0.1) is 0 Å². The number of ether oxygens (including phenoxy) is 1. The Bertz CT molecular complexity index is 1190. The van der Waals surface area contributed by atoms with Gasteiger partial charge in [0.25, 0.3) is 5.91 Å². The van der Waals surface area contributed by atoms with Crippen molar-refractivity contribution < 1.29 is 19.1 Å². The molecular weight excluding hydrogens is 416 g/mol. The number of likely N-dealkylation sites (tertiary alicyclic amines) is 2. The predicted octanol–water partition coefficient (Wildman–Crippen LogP) is 3.50. The van der Waals surface area contributed by atoms with E-state index in [4.69, 9.17) is 4.74 Å². The first-order valence-electron chi connectivity index (χ1n) is 11.2. The molecule has 6 heteroatoms. The Hall–Kier alpha value is -3.41. The number of nitrogens with zero attached hydrogens (tertiary/aromatic N) is 2. The average molecular weight is 445 g/mol. The van der Waals surface area contributed by atoms with Crippen molar-refractivity contribution in [1.29, 1.82) is 0 Å². The van der Waals surface area contributed by atoms with Crippen molar-refractivity contribution in [2.75, 3.05) is 7.11 Å². The zero-order valence-electron chi connectivity index (χ0n) is 19.4. The third-order valence-corrected chi connectivity index (χ3v) is 7.36. The summed E-state index contributed by atoms with van der Waals surface area (Å²) in [4.78, 5) is 44.3. The molecule has 2 aromatic carbocycles. The molecule has 3 atom stereocenters. The van der Waals surface area contributed by atoms with Crippen molar-refractivity contribution in [3.63, 3.8) is 0 Å². The standard InChI is InChI=1S/C27H28N2O4/c1-16-24(31)28(15-17-10-12-18(33-5)13-11-17)23-25(32)29(26(2,3)4)22-14-21(30)19-8-6-7-9-20(19)27(16,22)23/h6-13,22-23H,1,14-15H2,2-5H3/t22-,23+,27+/m1/s1. The molecule has 2 fully saturated rings. The average Bonchev–Trinajstić information content (AvgIpc) is 3.17. The van der Waals surface area contributed by atoms with Gasteiger partial charge in [0.1, 0.15) is 11.8 Å². The third kappa shape index (κ3) is 2.76. The molecule has 33 heavy (non-hydrogen) atoms. The summed E-state index contributed by atoms with van der Waals surface area (Å²) >= 11 is 0. The monoisotopic (exact) mass is 444 g/mol. The van der Waals surface area contributed by atoms with E-state index in [2.05, 4.69) is 6.58 Å². The molecule has 5 rings (SSSR count). The Kier molecular flexibility index (Phi) is 4.57. The van der Waals surface area contributed by atoms with Gasteiger partial charge in [0.2, 0.25) is 5.91 Å². The van der Waals surface area contributed by atoms with Gasteiger partial charge < -0.3 is 14.5 Å². The molecule has 2 heterocycles. The molecule has 0 radical (unpaired) electrons. The molecule has 170 valence electrons. The number of amides is 2. The minimum Gasteiger partial charge on any atom is -0.497 e. The number of Topliss-reactive ketones (excluding diaryl/α,β-unsaturated/α-hetero) is 1. The van der Waals surface area contributed by atoms with Crippen LogP contribution >= 0.6 is 0 Å². The molecule has 0 aromatic heterocycles. The molecule has 1 spiro atoms. The molecule has 0 unspecified atom stereocenters. The van der Waals surface area contributed by atoms with E-state index in [1.807, 2.05) is 68.1 Å². The Morgan fingerprint density at radius 3 is 2.36 bits per heavy atom. The molecule has 1 aliphatic carbocycles. The van der Waals surface area contributed by atoms with E-state index in [-0.39, 0.29) is 30.6 Å². The van der Waals surface area contributed by atoms with Crippen LogP contribution in [0.1, 0.15) is 48.7 Å². The lowest BCUT2D eigenvalue weighted by molar-refractivity contribution is -0.142. The van der Waals surface area contributed by atoms with Gasteiger partial charge in [-0.05, 0) is 44.0 Å². The van der Waals surface area contributed by atoms with Crippen molar-refractivity contribution in [2.45, 2.75) is 56.8 Å². The summed E-state index contributed by atoms with van der Waals surface area (Å²) in [5, 5.41) is 0. The highest BCUT2D eigenvalue weighted by Crippen LogP contribution is 2.58. The number of rotatable bonds is 3. The Labute approximate surface area is 193 Å². The number of benzene rings is 2. The summed E-state index contributed by atoms with van der Waals surface area (Å²) in [5.74, 6) is 0.366. The van der Waals surface area contributed by atoms with Crippen LogP contribution in [-0.2, 0) is 21.5 Å². The summed E-state index contributed by atoms with van der Waals surface area (Å²) in [7, 11) is 1.60. The normalized spacial score (nSPS) is 26.4. The number of ketones is 1. The van der Waals surface area contributed by atoms with Crippen LogP contribution in [-0.4, -0.2) is 52.1 Å². The van der Waals surface area contributed by atoms with Crippen LogP contribution in [0.5, 0.6) is 5.75 Å². The van der Waals surface area contributed by atoms with Crippen molar-refractivity contribution in [1.82, 2.24) is 9.80 Å². The van der Waals surface area contributed by atoms with Crippen LogP contribution in [0.4, 0.5) is 0 Å². The van der Waals surface area contributed by atoms with E-state index in [1.165, 1.54) is 0 Å². The fourth-order valence-corrected chi connectivity index (χ4v) is 6.08. The molecule has 3 aliphatic rings. The van der Waals surface area contributed by atoms with E-state index < -0.39 is 23.0 Å². The molecular formula is C27H28N2O4. The van der Waals surface area contributed by atoms with Gasteiger partial charge in [-0.3, -0.25) is 14.4 Å². The van der Waals surface area contributed by atoms with Crippen LogP contribution in [0.3, 0.4) is 0 Å². The van der Waals surface area contributed by atoms with Gasteiger partial charge in [-0.2, -0.15) is 0 Å². The lowest BCUT2D eigenvalue weighted by Gasteiger charge is -2.45. The first kappa shape index (κ1) is 21.4. The molecule has 6 nitrogen and oxygen atoms in total. The SMILES string of the molecule is C=C1C(=O)N(Cc2ccc(OC)cc2)[C@H]2C(=O)N(C(C)(C)C)[C@@H]3CC(=O)c4ccccc4[C@]123. The second-order valence-corrected chi connectivity index (χ2v) is 10.1. The second-order valence-electron chi connectivity index (χ2n) is 10.1. The summed E-state index contributed by atoms with van der Waals surface area (Å²) in [5.41, 5.74) is 1.16. The highest BCUT2D eigenvalue weighted by atomic mass is 16.5. The van der Waals surface area contributed by atoms with Crippen molar-refractivity contribution in [2.24, 2.45) is 0 Å². The van der Waals surface area contributed by atoms with Crippen molar-refractivity contribution in [3.05, 3.63) is 77.4 Å². The van der Waals surface area contributed by atoms with Crippen LogP contribution < -0.4 is 4.74 Å². The number of hydrogen-bond donors (Lipinski definition) is 0. The Balaban J connectivity index is 1.70. The predicted molar refractivity (Wildman–Crippen MR) is 124 cm³/mol. The first-order valence-corrected chi connectivity index (χ1v) is 11.2. The number of carbonyl (C=O) groups excluding carboxylic acids is 3. The van der Waals surface area contributed by atoms with Crippen LogP contribution in [0.25, 0.3) is 0 Å². The maximum absolute atomic E-state index is 14.1. The van der Waals surface area contributed by atoms with Gasteiger partial charge in [-0.1, -0.05) is 43.0 Å². The van der Waals surface area contributed by atoms with E-state index in [0.717, 1.165) is 16.9 Å². The maximum Gasteiger partial charge on any atom is 0.251 e. The minimum atomic E-state index is -0.946. The molecule has 0 N–H and O–H groups in total. The zero-order valence-corrected chi connectivity index (χ0v) is 19.4. The summed E-state index contributed by atoms with van der Waals surface area (Å²) in [6.45, 7) is 10.4. The quantitative estimate of drug-likeness (QED) is 0.680. The van der Waals surface area contributed by atoms with Crippen molar-refractivity contribution in [3.8, 4) is 5.75 Å². The Morgan fingerprint density at radius 2 is 1.73 bits per heavy atom. The van der Waals surface area contributed by atoms with Gasteiger partial charge in [0.05, 0.1) is 18.6 Å². The first-order chi connectivity index (χ1) is 15.6. The van der Waals surface area contributed by atoms with E-state index in [9.17, 15) is 14.4 Å². The largest absolute Gasteiger partial charge is 0.497 e. The second kappa shape index (κ2) is 7.04. The van der Waals surface area contributed by atoms with Crippen LogP contribution in [0, 0.1) is 0 Å². The Morgan fingerprint density at radius 1 is 1.06 bits per heavy atom. The zero-order chi connectivity index (χ0) is 23.7. The van der Waals surface area contributed by atoms with Gasteiger partial charge in [0.15, 0.2) is 5.78 Å². The fraction of sp³-hybridized carbons (Fsp3) is 0.370. The summed E-state index contributed by atoms with van der Waals surface area (Å²) in [6, 6.07) is 13.7. The van der Waals surface area contributed by atoms with E-state index in [1.54, 1.807) is 18.1 Å². The lowest BCUT2D eigenvalue weighted by Crippen LogP contribution is -2.55. The van der Waals surface area contributed by atoms with Crippen LogP contribution in [0.2, 0.25) is 0 Å². The van der Waals surface area contributed by atoms with E-state index >= 15 is 0 Å². The fourth-order valence-electron chi connectivity index (χ4n) is 6.08. The lowest BCUT2D eigenvalue weighted by atomic mass is 9.62. The molecule has 0 saturated carbocycles. The van der Waals surface area contributed by atoms with Gasteiger partial charge >= 0.3 is 0 Å².